The van der Waals surface area contributed by atoms with E-state index in [1.54, 1.807) is 0 Å². The maximum atomic E-state index is 13.6. The second-order valence-electron chi connectivity index (χ2n) is 10.6. The average Bonchev–Trinajstić information content (AvgIpc) is 3.64. The van der Waals surface area contributed by atoms with Crippen LogP contribution in [0.2, 0.25) is 0 Å². The first-order chi connectivity index (χ1) is 23.1. The van der Waals surface area contributed by atoms with E-state index in [4.69, 9.17) is 32.7 Å². The minimum Gasteiger partial charge on any atom is -0.504 e. The highest BCUT2D eigenvalue weighted by Gasteiger charge is 2.65. The first kappa shape index (κ1) is 37.3. The van der Waals surface area contributed by atoms with Gasteiger partial charge in [-0.15, -0.1) is 23.1 Å². The predicted octanol–water partition coefficient (Wildman–Crippen LogP) is 1.50. The fraction of sp³-hybridized carbons (Fsp3) is 0.269. The van der Waals surface area contributed by atoms with Crippen LogP contribution >= 0.6 is 35.3 Å². The number of phenols is 2. The molecular formula is C26H22F3N7O11S3. The number of thiazole rings is 1. The summed E-state index contributed by atoms with van der Waals surface area (Å²) in [6.45, 7) is 2.41. The number of hydrogen-bond donors (Lipinski definition) is 8. The number of thiocarbonyl (C=S) groups is 1. The van der Waals surface area contributed by atoms with Gasteiger partial charge in [-0.2, -0.15) is 13.2 Å². The number of aromatic amines is 1. The minimum atomic E-state index is -5.08. The quantitative estimate of drug-likeness (QED) is 0.0504. The van der Waals surface area contributed by atoms with Gasteiger partial charge in [-0.3, -0.25) is 14.5 Å². The molecule has 9 N–H and O–H groups in total. The number of phenolic OH excluding ortho intramolecular Hbond substituents is 2. The number of aromatic hydroxyl groups is 2. The monoisotopic (exact) mass is 761 g/mol. The molecule has 18 nitrogen and oxygen atoms in total. The topological polar surface area (TPSA) is 291 Å². The Morgan fingerprint density at radius 3 is 2.30 bits per heavy atom. The zero-order valence-electron chi connectivity index (χ0n) is 25.0. The van der Waals surface area contributed by atoms with Crippen molar-refractivity contribution in [3.05, 3.63) is 34.7 Å². The lowest BCUT2D eigenvalue weighted by Gasteiger charge is -2.55. The van der Waals surface area contributed by atoms with Gasteiger partial charge >= 0.3 is 24.1 Å². The third-order valence-corrected chi connectivity index (χ3v) is 9.18. The van der Waals surface area contributed by atoms with E-state index in [-0.39, 0.29) is 33.5 Å². The highest BCUT2D eigenvalue weighted by molar-refractivity contribution is 8.00. The largest absolute Gasteiger partial charge is 0.504 e. The third-order valence-electron chi connectivity index (χ3n) is 6.78. The van der Waals surface area contributed by atoms with E-state index in [9.17, 15) is 52.8 Å². The van der Waals surface area contributed by atoms with Crippen molar-refractivity contribution in [3.63, 3.8) is 0 Å². The molecule has 0 bridgehead atoms. The number of carboxylic acid groups (broad SMARTS) is 3. The van der Waals surface area contributed by atoms with Crippen molar-refractivity contribution in [2.45, 2.75) is 36.5 Å². The minimum absolute atomic E-state index is 0.00807. The van der Waals surface area contributed by atoms with Gasteiger partial charge in [-0.05, 0) is 13.8 Å². The lowest BCUT2D eigenvalue weighted by molar-refractivity contribution is -0.192. The molecule has 4 heterocycles. The number of oxime groups is 1. The van der Waals surface area contributed by atoms with Crippen LogP contribution in [0.15, 0.2) is 28.4 Å². The van der Waals surface area contributed by atoms with E-state index in [1.165, 1.54) is 31.4 Å². The zero-order chi connectivity index (χ0) is 37.5. The molecule has 2 amide bonds. The Bertz CT molecular complexity index is 1970. The number of anilines is 1. The van der Waals surface area contributed by atoms with Crippen molar-refractivity contribution in [2.75, 3.05) is 11.5 Å². The number of amides is 2. The third kappa shape index (κ3) is 6.97. The van der Waals surface area contributed by atoms with Gasteiger partial charge in [0.15, 0.2) is 27.9 Å². The first-order valence-electron chi connectivity index (χ1n) is 13.3. The van der Waals surface area contributed by atoms with Gasteiger partial charge in [0.1, 0.15) is 22.6 Å². The molecule has 0 radical (unpaired) electrons. The molecule has 50 heavy (non-hydrogen) atoms. The molecule has 0 unspecified atom stereocenters. The number of benzene rings is 1. The summed E-state index contributed by atoms with van der Waals surface area (Å²) < 4.78 is 31.7. The number of imidazole rings is 1. The maximum Gasteiger partial charge on any atom is 0.490 e. The number of nitrogen functional groups attached to an aromatic ring is 1. The number of aromatic nitrogens is 3. The Hall–Kier alpha value is -5.49. The smallest absolute Gasteiger partial charge is 0.490 e. The molecule has 0 aliphatic carbocycles. The number of nitrogens with two attached hydrogens (primary N) is 1. The average molecular weight is 762 g/mol. The predicted molar refractivity (Wildman–Crippen MR) is 171 cm³/mol. The van der Waals surface area contributed by atoms with E-state index in [0.717, 1.165) is 33.4 Å². The Morgan fingerprint density at radius 2 is 1.78 bits per heavy atom. The van der Waals surface area contributed by atoms with Gasteiger partial charge in [-0.1, -0.05) is 17.4 Å². The number of halogens is 3. The van der Waals surface area contributed by atoms with Crippen molar-refractivity contribution in [1.82, 2.24) is 25.2 Å². The molecule has 0 saturated carbocycles. The first-order valence-corrected chi connectivity index (χ1v) is 15.7. The van der Waals surface area contributed by atoms with Crippen molar-refractivity contribution in [1.29, 1.82) is 0 Å². The summed E-state index contributed by atoms with van der Waals surface area (Å²) in [5.74, 6) is -8.18. The van der Waals surface area contributed by atoms with Crippen LogP contribution in [-0.4, -0.2) is 115 Å². The zero-order valence-corrected chi connectivity index (χ0v) is 27.5. The number of nitrogens with one attached hydrogen (secondary N) is 2. The van der Waals surface area contributed by atoms with Gasteiger partial charge in [0.05, 0.1) is 11.0 Å². The summed E-state index contributed by atoms with van der Waals surface area (Å²) in [5, 5.41) is 53.9. The number of aliphatic carboxylic acids is 3. The van der Waals surface area contributed by atoms with Crippen LogP contribution in [-0.2, 0) is 28.8 Å². The molecule has 5 rings (SSSR count). The van der Waals surface area contributed by atoms with E-state index < -0.39 is 75.3 Å². The number of carbonyl (C=O) groups excluding carboxylic acids is 2. The van der Waals surface area contributed by atoms with E-state index in [2.05, 4.69) is 25.4 Å². The van der Waals surface area contributed by atoms with Gasteiger partial charge in [-0.25, -0.2) is 24.4 Å². The number of nitrogens with zero attached hydrogens (tertiary/aromatic N) is 4. The molecular weight excluding hydrogens is 740 g/mol. The van der Waals surface area contributed by atoms with Crippen LogP contribution in [0.4, 0.5) is 18.3 Å². The van der Waals surface area contributed by atoms with Crippen LogP contribution in [0.25, 0.3) is 16.6 Å². The molecule has 2 aliphatic heterocycles. The molecule has 0 spiro atoms. The molecule has 1 fully saturated rings. The number of carbonyl (C=O) groups is 5. The highest BCUT2D eigenvalue weighted by atomic mass is 32.2. The van der Waals surface area contributed by atoms with Crippen LogP contribution in [0.5, 0.6) is 11.5 Å². The second-order valence-corrected chi connectivity index (χ2v) is 12.8. The molecule has 24 heteroatoms. The van der Waals surface area contributed by atoms with Crippen molar-refractivity contribution in [2.24, 2.45) is 5.16 Å². The number of H-pyrrole nitrogens is 1. The number of alkyl halides is 3. The number of β-lactam (4-membered cyclic amide) rings is 1. The van der Waals surface area contributed by atoms with Crippen LogP contribution < -0.4 is 11.1 Å². The van der Waals surface area contributed by atoms with Crippen LogP contribution in [0.1, 0.15) is 25.4 Å². The molecule has 2 atom stereocenters. The number of thioether (sulfide) groups is 1. The van der Waals surface area contributed by atoms with Gasteiger partial charge in [0.2, 0.25) is 5.60 Å². The SMILES string of the molecule is CC(C)(ON=C(C(=O)N[C@]1(C=S)C(=O)N2C(C(=O)O)=C(c3nc4cc(O)c(O)cc4[nH]3)CS[C@H]21)c1csc(N)n1)C(=O)O.O=C(O)C(F)(F)F. The fourth-order valence-corrected chi connectivity index (χ4v) is 6.60. The maximum absolute atomic E-state index is 13.6. The Labute approximate surface area is 289 Å². The normalized spacial score (nSPS) is 19.1. The number of rotatable bonds is 9. The highest BCUT2D eigenvalue weighted by Crippen LogP contribution is 2.47. The van der Waals surface area contributed by atoms with Crippen molar-refractivity contribution < 1.29 is 67.5 Å². The summed E-state index contributed by atoms with van der Waals surface area (Å²) in [5.41, 5.74) is 1.75. The van der Waals surface area contributed by atoms with Crippen LogP contribution in [0.3, 0.4) is 0 Å². The van der Waals surface area contributed by atoms with E-state index >= 15 is 0 Å². The summed E-state index contributed by atoms with van der Waals surface area (Å²) in [6, 6.07) is 2.42. The number of fused-ring (bicyclic) bond motifs is 2. The lowest BCUT2D eigenvalue weighted by atomic mass is 9.87. The summed E-state index contributed by atoms with van der Waals surface area (Å²) >= 11 is 7.22. The number of hydrogen-bond acceptors (Lipinski definition) is 15. The van der Waals surface area contributed by atoms with E-state index in [1.807, 2.05) is 0 Å². The molecule has 1 aromatic carbocycles. The summed E-state index contributed by atoms with van der Waals surface area (Å²) in [7, 11) is 0. The lowest BCUT2D eigenvalue weighted by Crippen LogP contribution is -2.80. The summed E-state index contributed by atoms with van der Waals surface area (Å²) in [4.78, 5) is 77.2. The fourth-order valence-electron chi connectivity index (χ4n) is 4.24. The Morgan fingerprint density at radius 1 is 1.16 bits per heavy atom. The second kappa shape index (κ2) is 13.4. The van der Waals surface area contributed by atoms with Gasteiger partial charge in [0, 0.05) is 34.2 Å². The molecule has 1 saturated heterocycles. The van der Waals surface area contributed by atoms with Crippen LogP contribution in [0, 0.1) is 0 Å². The number of carboxylic acids is 3. The standard InChI is InChI=1S/C24H21N7O9S3.C2HF3O2/c1-23(2,21(38)39)40-30-14(11-6-43-22(25)28-11)17(34)29-24(7-41)19(37)31-15(18(35)36)8(5-42-20(24)31)16-26-9-3-12(32)13(33)4-10(9)27-16;3-2(4,5)1(6)7/h3-4,6-7,20,32-33H,5H2,1-2H3,(H2,25,28)(H,26,27)(H,29,34)(H,35,36)(H,38,39);(H,6,7)/t20-,24+;/m0./s1. The molecule has 266 valence electrons. The van der Waals surface area contributed by atoms with E-state index in [0.29, 0.717) is 5.52 Å². The molecule has 3 aromatic rings. The summed E-state index contributed by atoms with van der Waals surface area (Å²) in [6.07, 6.45) is -5.08. The Balaban J connectivity index is 0.000000727. The molecule has 2 aromatic heterocycles. The van der Waals surface area contributed by atoms with Gasteiger partial charge in [0.25, 0.3) is 11.8 Å². The molecule has 2 aliphatic rings. The van der Waals surface area contributed by atoms with Crippen molar-refractivity contribution >= 4 is 97.9 Å². The van der Waals surface area contributed by atoms with Crippen molar-refractivity contribution in [3.8, 4) is 11.5 Å². The Kier molecular flexibility index (Phi) is 10.0. The van der Waals surface area contributed by atoms with Gasteiger partial charge < -0.3 is 46.4 Å².